The minimum absolute atomic E-state index is 0.236. The second-order valence-electron chi connectivity index (χ2n) is 5.06. The lowest BCUT2D eigenvalue weighted by molar-refractivity contribution is 0.147. The van der Waals surface area contributed by atoms with Gasteiger partial charge in [0.25, 0.3) is 0 Å². The van der Waals surface area contributed by atoms with E-state index in [1.807, 2.05) is 37.3 Å². The van der Waals surface area contributed by atoms with Gasteiger partial charge in [0.15, 0.2) is 0 Å². The van der Waals surface area contributed by atoms with Crippen LogP contribution in [0.3, 0.4) is 0 Å². The number of hydrogen-bond acceptors (Lipinski definition) is 2. The molecule has 114 valence electrons. The van der Waals surface area contributed by atoms with E-state index < -0.39 is 6.09 Å². The summed E-state index contributed by atoms with van der Waals surface area (Å²) in [5.41, 5.74) is 2.54. The van der Waals surface area contributed by atoms with Gasteiger partial charge in [-0.25, -0.2) is 4.79 Å². The molecule has 2 aromatic rings. The van der Waals surface area contributed by atoms with Crippen molar-refractivity contribution < 1.29 is 9.53 Å². The van der Waals surface area contributed by atoms with Crippen LogP contribution in [0.1, 0.15) is 12.5 Å². The van der Waals surface area contributed by atoms with Crippen LogP contribution in [0.2, 0.25) is 5.02 Å². The number of hydrogen-bond donors (Lipinski definition) is 0. The summed E-state index contributed by atoms with van der Waals surface area (Å²) in [5.74, 6) is 0. The molecule has 0 aromatic heterocycles. The number of carbonyl (C=O) groups is 1. The van der Waals surface area contributed by atoms with Gasteiger partial charge in [-0.1, -0.05) is 54.1 Å². The Morgan fingerprint density at radius 3 is 2.36 bits per heavy atom. The molecule has 0 saturated heterocycles. The largest absolute Gasteiger partial charge is 0.444 e. The van der Waals surface area contributed by atoms with Crippen LogP contribution in [-0.2, 0) is 11.3 Å². The van der Waals surface area contributed by atoms with Crippen molar-refractivity contribution in [1.82, 2.24) is 0 Å². The Morgan fingerprint density at radius 1 is 1.14 bits per heavy atom. The van der Waals surface area contributed by atoms with E-state index in [1.165, 1.54) is 0 Å². The summed E-state index contributed by atoms with van der Waals surface area (Å²) in [6.45, 7) is 6.37. The number of anilines is 1. The summed E-state index contributed by atoms with van der Waals surface area (Å²) in [7, 11) is 0. The van der Waals surface area contributed by atoms with Gasteiger partial charge in [-0.05, 0) is 36.8 Å². The monoisotopic (exact) mass is 315 g/mol. The zero-order valence-corrected chi connectivity index (χ0v) is 13.2. The van der Waals surface area contributed by atoms with Crippen molar-refractivity contribution in [2.45, 2.75) is 13.5 Å². The molecule has 4 heteroatoms. The van der Waals surface area contributed by atoms with Crippen LogP contribution >= 0.6 is 11.6 Å². The molecule has 0 atom stereocenters. The third kappa shape index (κ3) is 4.64. The van der Waals surface area contributed by atoms with Crippen molar-refractivity contribution >= 4 is 23.4 Å². The van der Waals surface area contributed by atoms with Crippen LogP contribution in [0.25, 0.3) is 0 Å². The van der Waals surface area contributed by atoms with Crippen LogP contribution in [-0.4, -0.2) is 12.6 Å². The van der Waals surface area contributed by atoms with Crippen LogP contribution in [0.4, 0.5) is 10.5 Å². The molecule has 22 heavy (non-hydrogen) atoms. The molecule has 0 radical (unpaired) electrons. The van der Waals surface area contributed by atoms with E-state index in [0.29, 0.717) is 11.6 Å². The number of ether oxygens (including phenoxy) is 1. The molecule has 3 nitrogen and oxygen atoms in total. The molecule has 2 rings (SSSR count). The van der Waals surface area contributed by atoms with Gasteiger partial charge in [0.1, 0.15) is 6.61 Å². The predicted octanol–water partition coefficient (Wildman–Crippen LogP) is 5.06. The van der Waals surface area contributed by atoms with Crippen LogP contribution < -0.4 is 4.90 Å². The van der Waals surface area contributed by atoms with E-state index in [4.69, 9.17) is 16.3 Å². The van der Waals surface area contributed by atoms with Gasteiger partial charge < -0.3 is 4.74 Å². The predicted molar refractivity (Wildman–Crippen MR) is 90.2 cm³/mol. The zero-order valence-electron chi connectivity index (χ0n) is 12.5. The summed E-state index contributed by atoms with van der Waals surface area (Å²) in [4.78, 5) is 13.9. The maximum Gasteiger partial charge on any atom is 0.414 e. The Hall–Kier alpha value is -2.26. The van der Waals surface area contributed by atoms with Gasteiger partial charge in [0, 0.05) is 17.3 Å². The van der Waals surface area contributed by atoms with E-state index in [2.05, 4.69) is 6.58 Å². The van der Waals surface area contributed by atoms with Crippen molar-refractivity contribution in [3.8, 4) is 0 Å². The first-order valence-corrected chi connectivity index (χ1v) is 7.32. The van der Waals surface area contributed by atoms with Gasteiger partial charge in [-0.3, -0.25) is 4.90 Å². The lowest BCUT2D eigenvalue weighted by atomic mass is 10.2. The first kappa shape index (κ1) is 16.1. The third-order valence-electron chi connectivity index (χ3n) is 2.99. The molecule has 0 aliphatic carbocycles. The van der Waals surface area contributed by atoms with E-state index in [0.717, 1.165) is 16.8 Å². The summed E-state index contributed by atoms with van der Waals surface area (Å²) in [6.07, 6.45) is -0.408. The molecule has 2 aromatic carbocycles. The average molecular weight is 316 g/mol. The fraction of sp³-hybridized carbons (Fsp3) is 0.167. The number of rotatable bonds is 5. The minimum atomic E-state index is -0.408. The second kappa shape index (κ2) is 7.66. The van der Waals surface area contributed by atoms with E-state index in [9.17, 15) is 4.79 Å². The van der Waals surface area contributed by atoms with Gasteiger partial charge in [-0.15, -0.1) is 0 Å². The van der Waals surface area contributed by atoms with Crippen LogP contribution in [0.5, 0.6) is 0 Å². The third-order valence-corrected chi connectivity index (χ3v) is 3.24. The van der Waals surface area contributed by atoms with E-state index in [1.54, 1.807) is 29.2 Å². The molecular formula is C18H18ClNO2. The molecule has 0 heterocycles. The Morgan fingerprint density at radius 2 is 1.77 bits per heavy atom. The normalized spacial score (nSPS) is 10.1. The molecule has 0 aliphatic heterocycles. The SMILES string of the molecule is C=C(C)CN(C(=O)OCc1ccccc1)c1ccc(Cl)cc1. The Labute approximate surface area is 135 Å². The Kier molecular flexibility index (Phi) is 5.61. The molecular weight excluding hydrogens is 298 g/mol. The van der Waals surface area contributed by atoms with E-state index >= 15 is 0 Å². The first-order chi connectivity index (χ1) is 10.6. The molecule has 0 aliphatic rings. The smallest absolute Gasteiger partial charge is 0.414 e. The molecule has 1 amide bonds. The quantitative estimate of drug-likeness (QED) is 0.722. The number of nitrogens with zero attached hydrogens (tertiary/aromatic N) is 1. The van der Waals surface area contributed by atoms with Crippen molar-refractivity contribution in [2.24, 2.45) is 0 Å². The van der Waals surface area contributed by atoms with Crippen molar-refractivity contribution in [3.63, 3.8) is 0 Å². The summed E-state index contributed by atoms with van der Waals surface area (Å²) < 4.78 is 5.39. The number of amides is 1. The van der Waals surface area contributed by atoms with Crippen molar-refractivity contribution in [2.75, 3.05) is 11.4 Å². The zero-order chi connectivity index (χ0) is 15.9. The highest BCUT2D eigenvalue weighted by atomic mass is 35.5. The maximum absolute atomic E-state index is 12.4. The Bertz CT molecular complexity index is 638. The molecule has 0 spiro atoms. The topological polar surface area (TPSA) is 29.5 Å². The highest BCUT2D eigenvalue weighted by Crippen LogP contribution is 2.20. The highest BCUT2D eigenvalue weighted by Gasteiger charge is 2.17. The van der Waals surface area contributed by atoms with Gasteiger partial charge in [0.05, 0.1) is 0 Å². The fourth-order valence-electron chi connectivity index (χ4n) is 1.95. The number of halogens is 1. The maximum atomic E-state index is 12.4. The highest BCUT2D eigenvalue weighted by molar-refractivity contribution is 6.30. The van der Waals surface area contributed by atoms with Crippen molar-refractivity contribution in [1.29, 1.82) is 0 Å². The summed E-state index contributed by atoms with van der Waals surface area (Å²) in [5, 5.41) is 0.622. The molecule has 0 unspecified atom stereocenters. The molecule has 0 saturated carbocycles. The average Bonchev–Trinajstić information content (AvgIpc) is 2.52. The minimum Gasteiger partial charge on any atom is -0.444 e. The lowest BCUT2D eigenvalue weighted by Crippen LogP contribution is -2.32. The van der Waals surface area contributed by atoms with Gasteiger partial charge >= 0.3 is 6.09 Å². The number of carbonyl (C=O) groups excluding carboxylic acids is 1. The van der Waals surface area contributed by atoms with Crippen LogP contribution in [0.15, 0.2) is 66.7 Å². The lowest BCUT2D eigenvalue weighted by Gasteiger charge is -2.22. The van der Waals surface area contributed by atoms with Crippen LogP contribution in [0, 0.1) is 0 Å². The fourth-order valence-corrected chi connectivity index (χ4v) is 2.08. The molecule has 0 bridgehead atoms. The Balaban J connectivity index is 2.09. The molecule has 0 fully saturated rings. The van der Waals surface area contributed by atoms with Crippen molar-refractivity contribution in [3.05, 3.63) is 77.3 Å². The number of benzene rings is 2. The van der Waals surface area contributed by atoms with E-state index in [-0.39, 0.29) is 6.61 Å². The second-order valence-corrected chi connectivity index (χ2v) is 5.50. The molecule has 0 N–H and O–H groups in total. The van der Waals surface area contributed by atoms with Gasteiger partial charge in [-0.2, -0.15) is 0 Å². The summed E-state index contributed by atoms with van der Waals surface area (Å²) in [6, 6.07) is 16.6. The van der Waals surface area contributed by atoms with Gasteiger partial charge in [0.2, 0.25) is 0 Å². The standard InChI is InChI=1S/C18H18ClNO2/c1-14(2)12-20(17-10-8-16(19)9-11-17)18(21)22-13-15-6-4-3-5-7-15/h3-11H,1,12-13H2,2H3. The first-order valence-electron chi connectivity index (χ1n) is 6.94. The summed E-state index contributed by atoms with van der Waals surface area (Å²) >= 11 is 5.89.